The summed E-state index contributed by atoms with van der Waals surface area (Å²) in [5.41, 5.74) is 3.64. The third-order valence-electron chi connectivity index (χ3n) is 3.27. The highest BCUT2D eigenvalue weighted by molar-refractivity contribution is 9.10. The monoisotopic (exact) mass is 406 g/mol. The topological polar surface area (TPSA) is 69.2 Å². The van der Waals surface area contributed by atoms with E-state index < -0.39 is 0 Å². The number of amides is 1. The van der Waals surface area contributed by atoms with Crippen LogP contribution in [0, 0.1) is 0 Å². The van der Waals surface area contributed by atoms with Gasteiger partial charge in [0.25, 0.3) is 5.91 Å². The fraction of sp³-hybridized carbons (Fsp3) is 0.222. The highest BCUT2D eigenvalue weighted by Crippen LogP contribution is 2.27. The Morgan fingerprint density at radius 3 is 2.52 bits per heavy atom. The van der Waals surface area contributed by atoms with Crippen LogP contribution in [0.1, 0.15) is 22.8 Å². The summed E-state index contributed by atoms with van der Waals surface area (Å²) in [5, 5.41) is 3.99. The molecule has 6 nitrogen and oxygen atoms in total. The second kappa shape index (κ2) is 9.08. The maximum Gasteiger partial charge on any atom is 0.275 e. The fourth-order valence-corrected chi connectivity index (χ4v) is 2.49. The van der Waals surface area contributed by atoms with Crippen molar-refractivity contribution in [1.29, 1.82) is 0 Å². The van der Waals surface area contributed by atoms with Crippen LogP contribution in [0.5, 0.6) is 17.2 Å². The normalized spacial score (nSPS) is 10.6. The van der Waals surface area contributed by atoms with E-state index in [4.69, 9.17) is 14.2 Å². The highest BCUT2D eigenvalue weighted by Gasteiger charge is 2.12. The molecule has 0 aliphatic rings. The van der Waals surface area contributed by atoms with Gasteiger partial charge >= 0.3 is 0 Å². The zero-order valence-electron chi connectivity index (χ0n) is 14.2. The number of nitrogens with zero attached hydrogens (tertiary/aromatic N) is 1. The predicted octanol–water partition coefficient (Wildman–Crippen LogP) is 3.63. The van der Waals surface area contributed by atoms with Gasteiger partial charge in [-0.2, -0.15) is 5.10 Å². The molecule has 0 aliphatic carbocycles. The number of hydrogen-bond donors (Lipinski definition) is 1. The standard InChI is InChI=1S/C18H19BrN2O4/c1-4-25-17-9-12(5-7-16(17)24-3)11-20-21-18(22)14-10-13(19)6-8-15(14)23-2/h5-11H,4H2,1-3H3,(H,21,22)/b20-11-. The molecule has 0 saturated heterocycles. The number of carbonyl (C=O) groups is 1. The molecule has 0 bridgehead atoms. The molecule has 0 saturated carbocycles. The molecule has 0 heterocycles. The first-order chi connectivity index (χ1) is 12.1. The van der Waals surface area contributed by atoms with Crippen LogP contribution in [-0.2, 0) is 0 Å². The van der Waals surface area contributed by atoms with Crippen molar-refractivity contribution in [2.75, 3.05) is 20.8 Å². The Balaban J connectivity index is 2.12. The second-order valence-corrected chi connectivity index (χ2v) is 5.80. The molecule has 2 rings (SSSR count). The molecule has 2 aromatic carbocycles. The maximum absolute atomic E-state index is 12.3. The minimum Gasteiger partial charge on any atom is -0.496 e. The van der Waals surface area contributed by atoms with Gasteiger partial charge in [-0.3, -0.25) is 4.79 Å². The van der Waals surface area contributed by atoms with Crippen LogP contribution >= 0.6 is 15.9 Å². The lowest BCUT2D eigenvalue weighted by molar-refractivity contribution is 0.0952. The molecule has 0 atom stereocenters. The third-order valence-corrected chi connectivity index (χ3v) is 3.77. The number of carbonyl (C=O) groups excluding carboxylic acids is 1. The van der Waals surface area contributed by atoms with E-state index in [0.29, 0.717) is 29.4 Å². The Labute approximate surface area is 154 Å². The summed E-state index contributed by atoms with van der Waals surface area (Å²) >= 11 is 3.34. The number of nitrogens with one attached hydrogen (secondary N) is 1. The maximum atomic E-state index is 12.3. The number of ether oxygens (including phenoxy) is 3. The Bertz CT molecular complexity index is 778. The third kappa shape index (κ3) is 4.96. The van der Waals surface area contributed by atoms with Crippen LogP contribution in [0.4, 0.5) is 0 Å². The van der Waals surface area contributed by atoms with E-state index >= 15 is 0 Å². The fourth-order valence-electron chi connectivity index (χ4n) is 2.13. The molecule has 0 aromatic heterocycles. The minimum atomic E-state index is -0.368. The summed E-state index contributed by atoms with van der Waals surface area (Å²) in [5.74, 6) is 1.36. The molecule has 0 spiro atoms. The number of rotatable bonds is 7. The number of hydrazone groups is 1. The van der Waals surface area contributed by atoms with Gasteiger partial charge in [0.15, 0.2) is 11.5 Å². The first kappa shape index (κ1) is 18.8. The Morgan fingerprint density at radius 2 is 1.84 bits per heavy atom. The van der Waals surface area contributed by atoms with Crippen molar-refractivity contribution in [2.24, 2.45) is 5.10 Å². The molecule has 7 heteroatoms. The van der Waals surface area contributed by atoms with E-state index in [9.17, 15) is 4.79 Å². The Hall–Kier alpha value is -2.54. The van der Waals surface area contributed by atoms with Crippen molar-refractivity contribution in [3.63, 3.8) is 0 Å². The van der Waals surface area contributed by atoms with Crippen molar-refractivity contribution in [3.8, 4) is 17.2 Å². The van der Waals surface area contributed by atoms with Crippen LogP contribution in [0.2, 0.25) is 0 Å². The van der Waals surface area contributed by atoms with Gasteiger partial charge < -0.3 is 14.2 Å². The molecule has 132 valence electrons. The lowest BCUT2D eigenvalue weighted by atomic mass is 10.2. The molecule has 0 unspecified atom stereocenters. The summed E-state index contributed by atoms with van der Waals surface area (Å²) in [7, 11) is 3.09. The molecule has 0 aliphatic heterocycles. The van der Waals surface area contributed by atoms with Crippen LogP contribution in [0.15, 0.2) is 46.0 Å². The SMILES string of the molecule is CCOc1cc(/C=N\NC(=O)c2cc(Br)ccc2OC)ccc1OC. The van der Waals surface area contributed by atoms with E-state index in [0.717, 1.165) is 10.0 Å². The molecule has 2 aromatic rings. The minimum absolute atomic E-state index is 0.368. The van der Waals surface area contributed by atoms with Gasteiger partial charge in [0, 0.05) is 4.47 Å². The van der Waals surface area contributed by atoms with Gasteiger partial charge in [-0.25, -0.2) is 5.43 Å². The summed E-state index contributed by atoms with van der Waals surface area (Å²) in [4.78, 5) is 12.3. The quantitative estimate of drug-likeness (QED) is 0.562. The van der Waals surface area contributed by atoms with E-state index in [1.807, 2.05) is 13.0 Å². The summed E-state index contributed by atoms with van der Waals surface area (Å²) < 4.78 is 16.7. The average Bonchev–Trinajstić information content (AvgIpc) is 2.62. The van der Waals surface area contributed by atoms with Gasteiger partial charge in [0.2, 0.25) is 0 Å². The van der Waals surface area contributed by atoms with E-state index in [1.165, 1.54) is 13.3 Å². The van der Waals surface area contributed by atoms with Crippen LogP contribution in [-0.4, -0.2) is 32.9 Å². The number of hydrogen-bond acceptors (Lipinski definition) is 5. The predicted molar refractivity (Wildman–Crippen MR) is 99.9 cm³/mol. The van der Waals surface area contributed by atoms with E-state index in [1.54, 1.807) is 37.4 Å². The van der Waals surface area contributed by atoms with Gasteiger partial charge in [0.1, 0.15) is 5.75 Å². The molecule has 0 fully saturated rings. The second-order valence-electron chi connectivity index (χ2n) is 4.89. The summed E-state index contributed by atoms with van der Waals surface area (Å²) in [6, 6.07) is 10.6. The molecule has 25 heavy (non-hydrogen) atoms. The molecule has 0 radical (unpaired) electrons. The summed E-state index contributed by atoms with van der Waals surface area (Å²) in [6.45, 7) is 2.42. The lowest BCUT2D eigenvalue weighted by Gasteiger charge is -2.09. The van der Waals surface area contributed by atoms with Crippen LogP contribution in [0.25, 0.3) is 0 Å². The average molecular weight is 407 g/mol. The van der Waals surface area contributed by atoms with Crippen molar-refractivity contribution in [2.45, 2.75) is 6.92 Å². The number of methoxy groups -OCH3 is 2. The first-order valence-electron chi connectivity index (χ1n) is 7.56. The van der Waals surface area contributed by atoms with Crippen molar-refractivity contribution in [3.05, 3.63) is 52.0 Å². The van der Waals surface area contributed by atoms with Crippen molar-refractivity contribution < 1.29 is 19.0 Å². The Morgan fingerprint density at radius 1 is 1.12 bits per heavy atom. The molecular weight excluding hydrogens is 388 g/mol. The zero-order valence-corrected chi connectivity index (χ0v) is 15.8. The van der Waals surface area contributed by atoms with E-state index in [-0.39, 0.29) is 5.91 Å². The van der Waals surface area contributed by atoms with Crippen molar-refractivity contribution in [1.82, 2.24) is 5.43 Å². The highest BCUT2D eigenvalue weighted by atomic mass is 79.9. The molecule has 1 N–H and O–H groups in total. The number of halogens is 1. The smallest absolute Gasteiger partial charge is 0.275 e. The van der Waals surface area contributed by atoms with E-state index in [2.05, 4.69) is 26.5 Å². The summed E-state index contributed by atoms with van der Waals surface area (Å²) in [6.07, 6.45) is 1.53. The van der Waals surface area contributed by atoms with Crippen molar-refractivity contribution >= 4 is 28.1 Å². The van der Waals surface area contributed by atoms with Gasteiger partial charge in [-0.15, -0.1) is 0 Å². The van der Waals surface area contributed by atoms with Crippen LogP contribution in [0.3, 0.4) is 0 Å². The van der Waals surface area contributed by atoms with Gasteiger partial charge in [0.05, 0.1) is 32.6 Å². The van der Waals surface area contributed by atoms with Crippen LogP contribution < -0.4 is 19.6 Å². The zero-order chi connectivity index (χ0) is 18.2. The van der Waals surface area contributed by atoms with Gasteiger partial charge in [-0.05, 0) is 48.9 Å². The molecular formula is C18H19BrN2O4. The number of benzene rings is 2. The lowest BCUT2D eigenvalue weighted by Crippen LogP contribution is -2.18. The molecule has 1 amide bonds. The van der Waals surface area contributed by atoms with Gasteiger partial charge in [-0.1, -0.05) is 15.9 Å². The first-order valence-corrected chi connectivity index (χ1v) is 8.36. The Kier molecular flexibility index (Phi) is 6.82. The largest absolute Gasteiger partial charge is 0.496 e.